The van der Waals surface area contributed by atoms with Gasteiger partial charge in [0.1, 0.15) is 0 Å². The molecule has 0 bridgehead atoms. The highest BCUT2D eigenvalue weighted by Gasteiger charge is 2.02. The monoisotopic (exact) mass is 252 g/mol. The lowest BCUT2D eigenvalue weighted by Gasteiger charge is -1.93. The molecule has 0 saturated heterocycles. The topological polar surface area (TPSA) is 93.9 Å². The van der Waals surface area contributed by atoms with Crippen molar-refractivity contribution in [2.24, 2.45) is 15.9 Å². The van der Waals surface area contributed by atoms with Crippen molar-refractivity contribution in [3.05, 3.63) is 39.9 Å². The SMILES string of the molecule is CCS/C(N)=N/N=C/c1ccc([N+](=O)[O-])cc1. The minimum Gasteiger partial charge on any atom is -0.377 e. The van der Waals surface area contributed by atoms with Gasteiger partial charge in [-0.25, -0.2) is 0 Å². The minimum absolute atomic E-state index is 0.0479. The second-order valence-electron chi connectivity index (χ2n) is 2.96. The van der Waals surface area contributed by atoms with E-state index in [1.54, 1.807) is 12.1 Å². The van der Waals surface area contributed by atoms with Crippen LogP contribution in [-0.2, 0) is 0 Å². The van der Waals surface area contributed by atoms with Crippen molar-refractivity contribution >= 4 is 28.8 Å². The first-order chi connectivity index (χ1) is 8.13. The summed E-state index contributed by atoms with van der Waals surface area (Å²) in [6.07, 6.45) is 1.49. The lowest BCUT2D eigenvalue weighted by molar-refractivity contribution is -0.384. The predicted molar refractivity (Wildman–Crippen MR) is 70.4 cm³/mol. The summed E-state index contributed by atoms with van der Waals surface area (Å²) >= 11 is 1.40. The van der Waals surface area contributed by atoms with Crippen LogP contribution in [0.15, 0.2) is 34.5 Å². The van der Waals surface area contributed by atoms with E-state index in [0.717, 1.165) is 11.3 Å². The lowest BCUT2D eigenvalue weighted by atomic mass is 10.2. The number of hydrogen-bond acceptors (Lipinski definition) is 5. The van der Waals surface area contributed by atoms with Crippen LogP contribution in [-0.4, -0.2) is 22.1 Å². The number of nitro benzene ring substituents is 1. The zero-order valence-electron chi connectivity index (χ0n) is 9.24. The molecule has 0 fully saturated rings. The third-order valence-electron chi connectivity index (χ3n) is 1.76. The van der Waals surface area contributed by atoms with Crippen LogP contribution in [0.5, 0.6) is 0 Å². The molecule has 0 aliphatic carbocycles. The molecular formula is C10H12N4O2S. The van der Waals surface area contributed by atoms with Crippen LogP contribution in [0.2, 0.25) is 0 Å². The molecule has 7 heteroatoms. The number of nitro groups is 1. The molecule has 90 valence electrons. The summed E-state index contributed by atoms with van der Waals surface area (Å²) in [6.45, 7) is 1.97. The van der Waals surface area contributed by atoms with Crippen molar-refractivity contribution < 1.29 is 4.92 Å². The van der Waals surface area contributed by atoms with Crippen molar-refractivity contribution in [1.82, 2.24) is 0 Å². The van der Waals surface area contributed by atoms with Gasteiger partial charge in [0.05, 0.1) is 11.1 Å². The van der Waals surface area contributed by atoms with Gasteiger partial charge in [0, 0.05) is 12.1 Å². The highest BCUT2D eigenvalue weighted by atomic mass is 32.2. The molecule has 17 heavy (non-hydrogen) atoms. The van der Waals surface area contributed by atoms with Crippen LogP contribution >= 0.6 is 11.8 Å². The number of hydrogen-bond donors (Lipinski definition) is 1. The first-order valence-electron chi connectivity index (χ1n) is 4.87. The minimum atomic E-state index is -0.449. The largest absolute Gasteiger partial charge is 0.377 e. The summed E-state index contributed by atoms with van der Waals surface area (Å²) in [5.74, 6) is 0.836. The van der Waals surface area contributed by atoms with Gasteiger partial charge >= 0.3 is 0 Å². The number of nitrogens with zero attached hydrogens (tertiary/aromatic N) is 3. The second kappa shape index (κ2) is 6.64. The van der Waals surface area contributed by atoms with Crippen LogP contribution < -0.4 is 5.73 Å². The van der Waals surface area contributed by atoms with Gasteiger partial charge in [-0.1, -0.05) is 18.7 Å². The quantitative estimate of drug-likeness (QED) is 0.384. The van der Waals surface area contributed by atoms with Gasteiger partial charge in [0.15, 0.2) is 5.17 Å². The molecule has 1 rings (SSSR count). The molecule has 0 amide bonds. The van der Waals surface area contributed by atoms with E-state index in [1.165, 1.54) is 30.1 Å². The molecule has 0 unspecified atom stereocenters. The molecule has 0 heterocycles. The van der Waals surface area contributed by atoms with E-state index in [-0.39, 0.29) is 5.69 Å². The maximum atomic E-state index is 10.4. The van der Waals surface area contributed by atoms with Crippen molar-refractivity contribution in [3.63, 3.8) is 0 Å². The fourth-order valence-electron chi connectivity index (χ4n) is 1.01. The fourth-order valence-corrected chi connectivity index (χ4v) is 1.41. The van der Waals surface area contributed by atoms with Crippen molar-refractivity contribution in [2.45, 2.75) is 6.92 Å². The summed E-state index contributed by atoms with van der Waals surface area (Å²) in [5.41, 5.74) is 6.30. The predicted octanol–water partition coefficient (Wildman–Crippen LogP) is 2.00. The third kappa shape index (κ3) is 4.64. The molecule has 0 aliphatic heterocycles. The Bertz CT molecular complexity index is 442. The second-order valence-corrected chi connectivity index (χ2v) is 4.25. The summed E-state index contributed by atoms with van der Waals surface area (Å²) in [5, 5.41) is 18.4. The normalized spacial score (nSPS) is 11.9. The van der Waals surface area contributed by atoms with Crippen LogP contribution in [0.1, 0.15) is 12.5 Å². The van der Waals surface area contributed by atoms with E-state index < -0.39 is 4.92 Å². The zero-order chi connectivity index (χ0) is 12.7. The average molecular weight is 252 g/mol. The van der Waals surface area contributed by atoms with Crippen LogP contribution in [0.25, 0.3) is 0 Å². The smallest absolute Gasteiger partial charge is 0.269 e. The van der Waals surface area contributed by atoms with Crippen LogP contribution in [0, 0.1) is 10.1 Å². The molecule has 0 aromatic heterocycles. The number of non-ortho nitro benzene ring substituents is 1. The Morgan fingerprint density at radius 2 is 2.18 bits per heavy atom. The van der Waals surface area contributed by atoms with Gasteiger partial charge in [-0.3, -0.25) is 10.1 Å². The highest BCUT2D eigenvalue weighted by molar-refractivity contribution is 8.13. The molecule has 1 aromatic rings. The Labute approximate surface area is 103 Å². The number of thioether (sulfide) groups is 1. The molecule has 2 N–H and O–H groups in total. The maximum Gasteiger partial charge on any atom is 0.269 e. The Balaban J connectivity index is 2.66. The summed E-state index contributed by atoms with van der Waals surface area (Å²) in [4.78, 5) is 9.97. The molecule has 0 radical (unpaired) electrons. The summed E-state index contributed by atoms with van der Waals surface area (Å²) in [7, 11) is 0. The van der Waals surface area contributed by atoms with E-state index in [1.807, 2.05) is 6.92 Å². The Morgan fingerprint density at radius 1 is 1.53 bits per heavy atom. The summed E-state index contributed by atoms with van der Waals surface area (Å²) < 4.78 is 0. The number of nitrogens with two attached hydrogens (primary N) is 1. The number of amidine groups is 1. The van der Waals surface area contributed by atoms with Crippen molar-refractivity contribution in [2.75, 3.05) is 5.75 Å². The van der Waals surface area contributed by atoms with Gasteiger partial charge in [-0.05, 0) is 23.4 Å². The van der Waals surface area contributed by atoms with Crippen molar-refractivity contribution in [1.29, 1.82) is 0 Å². The molecule has 0 spiro atoms. The number of benzene rings is 1. The van der Waals surface area contributed by atoms with Crippen molar-refractivity contribution in [3.8, 4) is 0 Å². The van der Waals surface area contributed by atoms with E-state index in [2.05, 4.69) is 10.2 Å². The van der Waals surface area contributed by atoms with Gasteiger partial charge in [-0.15, -0.1) is 5.10 Å². The average Bonchev–Trinajstić information content (AvgIpc) is 2.30. The molecule has 6 nitrogen and oxygen atoms in total. The Morgan fingerprint density at radius 3 is 2.71 bits per heavy atom. The zero-order valence-corrected chi connectivity index (χ0v) is 10.1. The fraction of sp³-hybridized carbons (Fsp3) is 0.200. The van der Waals surface area contributed by atoms with Gasteiger partial charge < -0.3 is 5.73 Å². The maximum absolute atomic E-state index is 10.4. The first-order valence-corrected chi connectivity index (χ1v) is 5.85. The molecule has 0 atom stereocenters. The molecule has 0 aliphatic rings. The van der Waals surface area contributed by atoms with Gasteiger partial charge in [0.2, 0.25) is 0 Å². The molecule has 0 saturated carbocycles. The number of rotatable bonds is 4. The van der Waals surface area contributed by atoms with Gasteiger partial charge in [0.25, 0.3) is 5.69 Å². The van der Waals surface area contributed by atoms with Gasteiger partial charge in [-0.2, -0.15) is 5.10 Å². The van der Waals surface area contributed by atoms with E-state index >= 15 is 0 Å². The Hall–Kier alpha value is -1.89. The standard InChI is InChI=1S/C10H12N4O2S/c1-2-17-10(11)13-12-7-8-3-5-9(6-4-8)14(15)16/h3-7H,2H2,1H3,(H2,11,13)/b12-7+. The third-order valence-corrected chi connectivity index (χ3v) is 2.43. The van der Waals surface area contributed by atoms with E-state index in [9.17, 15) is 10.1 Å². The first kappa shape index (κ1) is 13.2. The highest BCUT2D eigenvalue weighted by Crippen LogP contribution is 2.10. The molecule has 1 aromatic carbocycles. The van der Waals surface area contributed by atoms with Crippen LogP contribution in [0.4, 0.5) is 5.69 Å². The van der Waals surface area contributed by atoms with Crippen LogP contribution in [0.3, 0.4) is 0 Å². The van der Waals surface area contributed by atoms with E-state index in [4.69, 9.17) is 5.73 Å². The summed E-state index contributed by atoms with van der Waals surface area (Å²) in [6, 6.07) is 6.02. The van der Waals surface area contributed by atoms with E-state index in [0.29, 0.717) is 5.17 Å². The molecular weight excluding hydrogens is 240 g/mol. The lowest BCUT2D eigenvalue weighted by Crippen LogP contribution is -2.05. The Kier molecular flexibility index (Phi) is 5.15.